The molecule has 0 bridgehead atoms. The number of halogens is 6. The summed E-state index contributed by atoms with van der Waals surface area (Å²) in [5.41, 5.74) is -0.672. The van der Waals surface area contributed by atoms with Gasteiger partial charge in [0.1, 0.15) is 11.6 Å². The van der Waals surface area contributed by atoms with Crippen molar-refractivity contribution in [2.45, 2.75) is 12.7 Å². The Labute approximate surface area is 134 Å². The minimum Gasteiger partial charge on any atom is -0.365 e. The van der Waals surface area contributed by atoms with Gasteiger partial charge in [0.2, 0.25) is 0 Å². The van der Waals surface area contributed by atoms with Crippen LogP contribution in [0.2, 0.25) is 0 Å². The summed E-state index contributed by atoms with van der Waals surface area (Å²) in [6.07, 6.45) is -3.30. The number of nitrogens with zero attached hydrogens (tertiary/aromatic N) is 1. The number of anilines is 1. The van der Waals surface area contributed by atoms with E-state index in [1.807, 2.05) is 0 Å². The van der Waals surface area contributed by atoms with Crippen LogP contribution in [0, 0.1) is 5.82 Å². The molecule has 0 amide bonds. The molecule has 1 aromatic heterocycles. The van der Waals surface area contributed by atoms with Crippen molar-refractivity contribution < 1.29 is 17.6 Å². The van der Waals surface area contributed by atoms with Gasteiger partial charge < -0.3 is 5.32 Å². The highest BCUT2D eigenvalue weighted by Crippen LogP contribution is 2.35. The van der Waals surface area contributed by atoms with Crippen molar-refractivity contribution >= 4 is 37.7 Å². The number of benzene rings is 1. The second-order valence-corrected chi connectivity index (χ2v) is 5.97. The van der Waals surface area contributed by atoms with E-state index in [0.29, 0.717) is 4.47 Å². The molecule has 0 saturated carbocycles. The molecule has 0 aliphatic carbocycles. The Balaban J connectivity index is 2.26. The zero-order valence-electron chi connectivity index (χ0n) is 10.3. The average molecular weight is 428 g/mol. The first-order chi connectivity index (χ1) is 9.77. The van der Waals surface area contributed by atoms with Crippen molar-refractivity contribution in [2.24, 2.45) is 0 Å². The van der Waals surface area contributed by atoms with E-state index in [9.17, 15) is 17.6 Å². The van der Waals surface area contributed by atoms with Gasteiger partial charge in [0.05, 0.1) is 5.56 Å². The Morgan fingerprint density at radius 3 is 2.48 bits per heavy atom. The lowest BCUT2D eigenvalue weighted by Crippen LogP contribution is -2.13. The molecule has 0 atom stereocenters. The topological polar surface area (TPSA) is 24.9 Å². The van der Waals surface area contributed by atoms with Crippen molar-refractivity contribution in [1.29, 1.82) is 0 Å². The molecule has 0 spiro atoms. The van der Waals surface area contributed by atoms with Gasteiger partial charge in [-0.15, -0.1) is 0 Å². The van der Waals surface area contributed by atoms with Crippen LogP contribution in [0.15, 0.2) is 39.4 Å². The molecule has 2 aromatic rings. The third-order valence-corrected chi connectivity index (χ3v) is 3.54. The molecule has 1 N–H and O–H groups in total. The van der Waals surface area contributed by atoms with Crippen molar-refractivity contribution in [3.05, 3.63) is 56.4 Å². The molecule has 8 heteroatoms. The molecule has 2 rings (SSSR count). The van der Waals surface area contributed by atoms with Crippen LogP contribution < -0.4 is 5.32 Å². The zero-order valence-corrected chi connectivity index (χ0v) is 13.5. The lowest BCUT2D eigenvalue weighted by atomic mass is 10.2. The number of rotatable bonds is 3. The number of nitrogens with one attached hydrogen (secondary N) is 1. The molecule has 0 unspecified atom stereocenters. The highest BCUT2D eigenvalue weighted by Gasteiger charge is 2.34. The molecule has 0 radical (unpaired) electrons. The summed E-state index contributed by atoms with van der Waals surface area (Å²) in [7, 11) is 0. The molecule has 21 heavy (non-hydrogen) atoms. The Morgan fingerprint density at radius 2 is 1.81 bits per heavy atom. The molecule has 0 saturated heterocycles. The maximum absolute atomic E-state index is 13.6. The summed E-state index contributed by atoms with van der Waals surface area (Å²) in [4.78, 5) is 3.70. The second-order valence-electron chi connectivity index (χ2n) is 4.14. The van der Waals surface area contributed by atoms with E-state index in [-0.39, 0.29) is 22.4 Å². The van der Waals surface area contributed by atoms with E-state index < -0.39 is 17.6 Å². The van der Waals surface area contributed by atoms with Crippen molar-refractivity contribution in [3.63, 3.8) is 0 Å². The molecule has 0 fully saturated rings. The minimum atomic E-state index is -4.55. The Bertz CT molecular complexity index is 659. The first-order valence-electron chi connectivity index (χ1n) is 5.68. The van der Waals surface area contributed by atoms with E-state index in [1.54, 1.807) is 0 Å². The van der Waals surface area contributed by atoms with Gasteiger partial charge in [-0.25, -0.2) is 9.37 Å². The summed E-state index contributed by atoms with van der Waals surface area (Å²) in [5.74, 6) is -0.846. The summed E-state index contributed by atoms with van der Waals surface area (Å²) in [5, 5.41) is 2.52. The van der Waals surface area contributed by atoms with Gasteiger partial charge in [-0.3, -0.25) is 0 Å². The molecule has 2 nitrogen and oxygen atoms in total. The summed E-state index contributed by atoms with van der Waals surface area (Å²) in [6.45, 7) is -0.108. The summed E-state index contributed by atoms with van der Waals surface area (Å²) in [6, 6.07) is 5.17. The predicted molar refractivity (Wildman–Crippen MR) is 78.4 cm³/mol. The number of hydrogen-bond acceptors (Lipinski definition) is 2. The quantitative estimate of drug-likeness (QED) is 0.665. The smallest absolute Gasteiger partial charge is 0.365 e. The molecule has 1 heterocycles. The third-order valence-electron chi connectivity index (χ3n) is 2.61. The van der Waals surface area contributed by atoms with Crippen LogP contribution in [-0.2, 0) is 12.7 Å². The molecular formula is C13H8Br2F4N2. The lowest BCUT2D eigenvalue weighted by molar-refractivity contribution is -0.137. The SMILES string of the molecule is Fc1ccc(Br)cc1CNc1ncc(Br)cc1C(F)(F)F. The number of hydrogen-bond donors (Lipinski definition) is 1. The summed E-state index contributed by atoms with van der Waals surface area (Å²) < 4.78 is 53.2. The largest absolute Gasteiger partial charge is 0.419 e. The molecule has 1 aromatic carbocycles. The standard InChI is InChI=1S/C13H8Br2F4N2/c14-8-1-2-11(16)7(3-8)5-20-12-10(13(17,18)19)4-9(15)6-21-12/h1-4,6H,5H2,(H,20,21). The first kappa shape index (κ1) is 16.2. The van der Waals surface area contributed by atoms with Crippen LogP contribution in [0.1, 0.15) is 11.1 Å². The molecule has 0 aliphatic rings. The maximum atomic E-state index is 13.6. The second kappa shape index (κ2) is 6.31. The van der Waals surface area contributed by atoms with Gasteiger partial charge in [0.25, 0.3) is 0 Å². The van der Waals surface area contributed by atoms with Crippen molar-refractivity contribution in [2.75, 3.05) is 5.32 Å². The van der Waals surface area contributed by atoms with Crippen LogP contribution in [0.25, 0.3) is 0 Å². The number of aromatic nitrogens is 1. The van der Waals surface area contributed by atoms with Gasteiger partial charge in [0.15, 0.2) is 0 Å². The normalized spacial score (nSPS) is 11.5. The fourth-order valence-electron chi connectivity index (χ4n) is 1.65. The average Bonchev–Trinajstić information content (AvgIpc) is 2.40. The van der Waals surface area contributed by atoms with Gasteiger partial charge in [0, 0.05) is 27.3 Å². The number of pyridine rings is 1. The Morgan fingerprint density at radius 1 is 1.10 bits per heavy atom. The van der Waals surface area contributed by atoms with E-state index in [4.69, 9.17) is 0 Å². The van der Waals surface area contributed by atoms with Crippen molar-refractivity contribution in [1.82, 2.24) is 4.98 Å². The van der Waals surface area contributed by atoms with Crippen LogP contribution in [-0.4, -0.2) is 4.98 Å². The third kappa shape index (κ3) is 4.16. The Kier molecular flexibility index (Phi) is 4.88. The van der Waals surface area contributed by atoms with Gasteiger partial charge in [-0.05, 0) is 40.2 Å². The highest BCUT2D eigenvalue weighted by molar-refractivity contribution is 9.10. The zero-order chi connectivity index (χ0) is 15.6. The van der Waals surface area contributed by atoms with E-state index in [1.165, 1.54) is 24.4 Å². The van der Waals surface area contributed by atoms with E-state index in [2.05, 4.69) is 42.2 Å². The fourth-order valence-corrected chi connectivity index (χ4v) is 2.39. The molecule has 0 aliphatic heterocycles. The summed E-state index contributed by atoms with van der Waals surface area (Å²) >= 11 is 6.13. The molecular weight excluding hydrogens is 420 g/mol. The monoisotopic (exact) mass is 426 g/mol. The van der Waals surface area contributed by atoms with Gasteiger partial charge in [-0.1, -0.05) is 15.9 Å². The lowest BCUT2D eigenvalue weighted by Gasteiger charge is -2.14. The molecule has 112 valence electrons. The van der Waals surface area contributed by atoms with Crippen molar-refractivity contribution in [3.8, 4) is 0 Å². The highest BCUT2D eigenvalue weighted by atomic mass is 79.9. The maximum Gasteiger partial charge on any atom is 0.419 e. The van der Waals surface area contributed by atoms with Crippen LogP contribution in [0.5, 0.6) is 0 Å². The predicted octanol–water partition coefficient (Wildman–Crippen LogP) is 5.38. The Hall–Kier alpha value is -1.15. The van der Waals surface area contributed by atoms with Crippen LogP contribution >= 0.6 is 31.9 Å². The van der Waals surface area contributed by atoms with Gasteiger partial charge in [-0.2, -0.15) is 13.2 Å². The fraction of sp³-hybridized carbons (Fsp3) is 0.154. The van der Waals surface area contributed by atoms with E-state index >= 15 is 0 Å². The first-order valence-corrected chi connectivity index (χ1v) is 7.26. The van der Waals surface area contributed by atoms with Crippen LogP contribution in [0.3, 0.4) is 0 Å². The minimum absolute atomic E-state index is 0.108. The van der Waals surface area contributed by atoms with Gasteiger partial charge >= 0.3 is 6.18 Å². The van der Waals surface area contributed by atoms with Crippen LogP contribution in [0.4, 0.5) is 23.4 Å². The van der Waals surface area contributed by atoms with E-state index in [0.717, 1.165) is 6.07 Å². The number of alkyl halides is 3.